The fraction of sp³-hybridized carbons (Fsp3) is 0.458. The Bertz CT molecular complexity index is 1150. The number of amides is 1. The summed E-state index contributed by atoms with van der Waals surface area (Å²) in [6, 6.07) is 9.15. The lowest BCUT2D eigenvalue weighted by atomic mass is 10.0. The van der Waals surface area contributed by atoms with Crippen LogP contribution in [0.4, 0.5) is 18.9 Å². The van der Waals surface area contributed by atoms with Crippen LogP contribution in [0.25, 0.3) is 0 Å². The highest BCUT2D eigenvalue weighted by Crippen LogP contribution is 2.37. The molecule has 2 aromatic carbocycles. The summed E-state index contributed by atoms with van der Waals surface area (Å²) in [5.41, 5.74) is 0.493. The second-order valence-electron chi connectivity index (χ2n) is 8.72. The van der Waals surface area contributed by atoms with Crippen molar-refractivity contribution in [2.45, 2.75) is 51.5 Å². The number of piperidine rings is 1. The van der Waals surface area contributed by atoms with Gasteiger partial charge in [0.25, 0.3) is 0 Å². The summed E-state index contributed by atoms with van der Waals surface area (Å²) < 4.78 is 65.7. The molecular formula is C24H29ClF3N3O3S. The molecule has 1 heterocycles. The van der Waals surface area contributed by atoms with Crippen molar-refractivity contribution in [3.63, 3.8) is 0 Å². The molecule has 0 spiro atoms. The molecule has 1 fully saturated rings. The maximum absolute atomic E-state index is 13.3. The number of nitrogens with one attached hydrogen (secondary N) is 1. The zero-order valence-electron chi connectivity index (χ0n) is 19.6. The van der Waals surface area contributed by atoms with Crippen LogP contribution in [0.3, 0.4) is 0 Å². The van der Waals surface area contributed by atoms with Crippen LogP contribution in [0.5, 0.6) is 0 Å². The molecule has 11 heteroatoms. The first-order chi connectivity index (χ1) is 16.4. The van der Waals surface area contributed by atoms with E-state index >= 15 is 0 Å². The third-order valence-corrected chi connectivity index (χ3v) is 7.58. The van der Waals surface area contributed by atoms with E-state index in [0.29, 0.717) is 10.4 Å². The van der Waals surface area contributed by atoms with Crippen LogP contribution in [-0.4, -0.2) is 44.6 Å². The number of alkyl halides is 3. The van der Waals surface area contributed by atoms with Gasteiger partial charge < -0.3 is 5.32 Å². The molecule has 1 N–H and O–H groups in total. The third kappa shape index (κ3) is 7.11. The summed E-state index contributed by atoms with van der Waals surface area (Å²) in [5, 5.41) is 2.18. The zero-order valence-corrected chi connectivity index (χ0v) is 21.2. The Balaban J connectivity index is 1.78. The maximum Gasteiger partial charge on any atom is 0.417 e. The summed E-state index contributed by atoms with van der Waals surface area (Å²) >= 11 is 5.67. The minimum atomic E-state index is -4.78. The molecule has 1 amide bonds. The molecule has 6 nitrogen and oxygen atoms in total. The Morgan fingerprint density at radius 2 is 1.74 bits per heavy atom. The molecule has 0 aliphatic carbocycles. The molecule has 0 saturated carbocycles. The molecule has 1 atom stereocenters. The lowest BCUT2D eigenvalue weighted by Crippen LogP contribution is -2.47. The number of likely N-dealkylation sites (tertiary alicyclic amines) is 1. The summed E-state index contributed by atoms with van der Waals surface area (Å²) in [7, 11) is -4.09. The van der Waals surface area contributed by atoms with E-state index in [2.05, 4.69) is 10.2 Å². The lowest BCUT2D eigenvalue weighted by Gasteiger charge is -2.29. The fourth-order valence-electron chi connectivity index (χ4n) is 4.25. The van der Waals surface area contributed by atoms with Gasteiger partial charge in [-0.3, -0.25) is 14.0 Å². The van der Waals surface area contributed by atoms with E-state index in [-0.39, 0.29) is 12.2 Å². The van der Waals surface area contributed by atoms with Crippen molar-refractivity contribution in [1.82, 2.24) is 10.2 Å². The summed E-state index contributed by atoms with van der Waals surface area (Å²) in [5.74, 6) is -0.633. The minimum absolute atomic E-state index is 0.166. The first-order valence-electron chi connectivity index (χ1n) is 11.3. The minimum Gasteiger partial charge on any atom is -0.350 e. The number of anilines is 1. The lowest BCUT2D eigenvalue weighted by molar-refractivity contribution is -0.137. The molecule has 1 aliphatic heterocycles. The standard InChI is InChI=1S/C24H29ClF3N3O3S/c1-17(31(35(2,33)34)20-10-11-22(25)21(14-20)24(26,27)28)23(32)29-15-18-8-4-5-9-19(18)16-30-12-6-3-7-13-30/h4-5,8-11,14,17H,3,6-7,12-13,15-16H2,1-2H3,(H,29,32). The van der Waals surface area contributed by atoms with Crippen molar-refractivity contribution in [3.8, 4) is 0 Å². The number of carbonyl (C=O) groups excluding carboxylic acids is 1. The average molecular weight is 532 g/mol. The topological polar surface area (TPSA) is 69.7 Å². The molecule has 192 valence electrons. The predicted molar refractivity (Wildman–Crippen MR) is 131 cm³/mol. The summed E-state index contributed by atoms with van der Waals surface area (Å²) in [6.45, 7) is 4.28. The Hall–Kier alpha value is -2.30. The second kappa shape index (κ2) is 11.2. The van der Waals surface area contributed by atoms with Crippen molar-refractivity contribution < 1.29 is 26.4 Å². The van der Waals surface area contributed by atoms with Crippen LogP contribution < -0.4 is 9.62 Å². The third-order valence-electron chi connectivity index (χ3n) is 6.01. The highest BCUT2D eigenvalue weighted by atomic mass is 35.5. The van der Waals surface area contributed by atoms with Crippen LogP contribution in [0.1, 0.15) is 42.9 Å². The van der Waals surface area contributed by atoms with Gasteiger partial charge >= 0.3 is 6.18 Å². The van der Waals surface area contributed by atoms with E-state index < -0.39 is 38.7 Å². The predicted octanol–water partition coefficient (Wildman–Crippen LogP) is 4.82. The number of hydrogen-bond donors (Lipinski definition) is 1. The van der Waals surface area contributed by atoms with Gasteiger partial charge in [-0.15, -0.1) is 0 Å². The molecule has 0 aromatic heterocycles. The highest BCUT2D eigenvalue weighted by molar-refractivity contribution is 7.92. The molecular weight excluding hydrogens is 503 g/mol. The summed E-state index contributed by atoms with van der Waals surface area (Å²) in [6.07, 6.45) is -0.412. The summed E-state index contributed by atoms with van der Waals surface area (Å²) in [4.78, 5) is 15.3. The maximum atomic E-state index is 13.3. The number of nitrogens with zero attached hydrogens (tertiary/aromatic N) is 2. The van der Waals surface area contributed by atoms with Crippen LogP contribution in [0, 0.1) is 0 Å². The van der Waals surface area contributed by atoms with E-state index in [0.717, 1.165) is 62.0 Å². The number of hydrogen-bond acceptors (Lipinski definition) is 4. The van der Waals surface area contributed by atoms with E-state index in [4.69, 9.17) is 11.6 Å². The van der Waals surface area contributed by atoms with Crippen molar-refractivity contribution in [1.29, 1.82) is 0 Å². The van der Waals surface area contributed by atoms with Crippen molar-refractivity contribution in [2.75, 3.05) is 23.7 Å². The van der Waals surface area contributed by atoms with Gasteiger partial charge in [-0.1, -0.05) is 42.3 Å². The van der Waals surface area contributed by atoms with Gasteiger partial charge in [0.1, 0.15) is 6.04 Å². The van der Waals surface area contributed by atoms with Gasteiger partial charge in [0, 0.05) is 13.1 Å². The average Bonchev–Trinajstić information content (AvgIpc) is 2.78. The number of carbonyl (C=O) groups is 1. The number of sulfonamides is 1. The number of halogens is 4. The van der Waals surface area contributed by atoms with Gasteiger partial charge in [0.15, 0.2) is 0 Å². The Kier molecular flexibility index (Phi) is 8.72. The van der Waals surface area contributed by atoms with Gasteiger partial charge in [-0.05, 0) is 62.2 Å². The van der Waals surface area contributed by atoms with Crippen LogP contribution in [0.2, 0.25) is 5.02 Å². The Morgan fingerprint density at radius 3 is 2.34 bits per heavy atom. The quantitative estimate of drug-likeness (QED) is 0.530. The number of rotatable bonds is 8. The van der Waals surface area contributed by atoms with Gasteiger partial charge in [0.05, 0.1) is 22.5 Å². The van der Waals surface area contributed by atoms with Crippen LogP contribution in [-0.2, 0) is 34.1 Å². The van der Waals surface area contributed by atoms with E-state index in [1.54, 1.807) is 0 Å². The molecule has 1 saturated heterocycles. The molecule has 35 heavy (non-hydrogen) atoms. The highest BCUT2D eigenvalue weighted by Gasteiger charge is 2.36. The SMILES string of the molecule is CC(C(=O)NCc1ccccc1CN1CCCCC1)N(c1ccc(Cl)c(C(F)(F)F)c1)S(C)(=O)=O. The largest absolute Gasteiger partial charge is 0.417 e. The molecule has 0 radical (unpaired) electrons. The first kappa shape index (κ1) is 27.3. The first-order valence-corrected chi connectivity index (χ1v) is 13.5. The second-order valence-corrected chi connectivity index (χ2v) is 11.0. The fourth-order valence-corrected chi connectivity index (χ4v) is 5.64. The smallest absolute Gasteiger partial charge is 0.350 e. The zero-order chi connectivity index (χ0) is 25.8. The number of benzene rings is 2. The molecule has 1 unspecified atom stereocenters. The van der Waals surface area contributed by atoms with Crippen molar-refractivity contribution >= 4 is 33.2 Å². The van der Waals surface area contributed by atoms with Crippen LogP contribution >= 0.6 is 11.6 Å². The van der Waals surface area contributed by atoms with E-state index in [9.17, 15) is 26.4 Å². The molecule has 1 aliphatic rings. The van der Waals surface area contributed by atoms with Crippen molar-refractivity contribution in [2.24, 2.45) is 0 Å². The normalized spacial score (nSPS) is 16.1. The van der Waals surface area contributed by atoms with E-state index in [1.807, 2.05) is 24.3 Å². The Labute approximate surface area is 209 Å². The van der Waals surface area contributed by atoms with Crippen molar-refractivity contribution in [3.05, 3.63) is 64.2 Å². The molecule has 2 aromatic rings. The van der Waals surface area contributed by atoms with Gasteiger partial charge in [0.2, 0.25) is 15.9 Å². The van der Waals surface area contributed by atoms with Gasteiger partial charge in [-0.2, -0.15) is 13.2 Å². The van der Waals surface area contributed by atoms with Crippen LogP contribution in [0.15, 0.2) is 42.5 Å². The molecule has 3 rings (SSSR count). The molecule has 0 bridgehead atoms. The van der Waals surface area contributed by atoms with Gasteiger partial charge in [-0.25, -0.2) is 8.42 Å². The van der Waals surface area contributed by atoms with E-state index in [1.165, 1.54) is 13.3 Å². The monoisotopic (exact) mass is 531 g/mol. The Morgan fingerprint density at radius 1 is 1.11 bits per heavy atom.